The first-order valence-electron chi connectivity index (χ1n) is 6.68. The molecular weight excluding hydrogens is 208 g/mol. The molecule has 0 saturated carbocycles. The summed E-state index contributed by atoms with van der Waals surface area (Å²) in [7, 11) is 0. The zero-order valence-electron chi connectivity index (χ0n) is 10.9. The van der Waals surface area contributed by atoms with Crippen LogP contribution in [0.1, 0.15) is 25.3 Å². The van der Waals surface area contributed by atoms with Crippen molar-refractivity contribution in [3.63, 3.8) is 0 Å². The van der Waals surface area contributed by atoms with E-state index in [0.717, 1.165) is 6.54 Å². The molecule has 2 N–H and O–H groups in total. The molecule has 0 aliphatic carbocycles. The second-order valence-corrected chi connectivity index (χ2v) is 5.59. The summed E-state index contributed by atoms with van der Waals surface area (Å²) < 4.78 is 0. The molecule has 0 aromatic heterocycles. The summed E-state index contributed by atoms with van der Waals surface area (Å²) in [6, 6.07) is 10.8. The number of rotatable bonds is 4. The van der Waals surface area contributed by atoms with Gasteiger partial charge in [0, 0.05) is 6.54 Å². The third-order valence-electron chi connectivity index (χ3n) is 4.12. The van der Waals surface area contributed by atoms with Crippen molar-refractivity contribution >= 4 is 0 Å². The van der Waals surface area contributed by atoms with Crippen molar-refractivity contribution in [3.8, 4) is 0 Å². The Bertz CT molecular complexity index is 326. The Morgan fingerprint density at radius 2 is 1.82 bits per heavy atom. The Labute approximate surface area is 105 Å². The highest BCUT2D eigenvalue weighted by Gasteiger charge is 2.28. The Balaban J connectivity index is 1.75. The highest BCUT2D eigenvalue weighted by Crippen LogP contribution is 2.29. The second kappa shape index (κ2) is 5.65. The van der Waals surface area contributed by atoms with Crippen molar-refractivity contribution in [2.24, 2.45) is 11.1 Å². The van der Waals surface area contributed by atoms with Gasteiger partial charge in [0.15, 0.2) is 0 Å². The summed E-state index contributed by atoms with van der Waals surface area (Å²) in [6.07, 6.45) is 3.66. The third kappa shape index (κ3) is 3.55. The maximum atomic E-state index is 5.83. The lowest BCUT2D eigenvalue weighted by molar-refractivity contribution is 0.125. The molecule has 17 heavy (non-hydrogen) atoms. The standard InChI is InChI=1S/C15H24N2/c1-15(13-16)8-11-17(12-9-15)10-7-14-5-3-2-4-6-14/h2-6H,7-13,16H2,1H3. The summed E-state index contributed by atoms with van der Waals surface area (Å²) in [5.74, 6) is 0. The molecule has 1 aromatic rings. The second-order valence-electron chi connectivity index (χ2n) is 5.59. The number of nitrogens with two attached hydrogens (primary N) is 1. The predicted molar refractivity (Wildman–Crippen MR) is 73.0 cm³/mol. The van der Waals surface area contributed by atoms with Crippen molar-refractivity contribution in [2.75, 3.05) is 26.2 Å². The largest absolute Gasteiger partial charge is 0.330 e. The summed E-state index contributed by atoms with van der Waals surface area (Å²) in [5, 5.41) is 0. The van der Waals surface area contributed by atoms with Gasteiger partial charge < -0.3 is 10.6 Å². The smallest absolute Gasteiger partial charge is 0.00218 e. The molecule has 2 nitrogen and oxygen atoms in total. The molecule has 94 valence electrons. The predicted octanol–water partition coefficient (Wildman–Crippen LogP) is 2.29. The van der Waals surface area contributed by atoms with Crippen LogP contribution in [0.4, 0.5) is 0 Å². The fourth-order valence-electron chi connectivity index (χ4n) is 2.45. The van der Waals surface area contributed by atoms with Gasteiger partial charge in [-0.1, -0.05) is 37.3 Å². The molecule has 2 rings (SSSR count). The first kappa shape index (κ1) is 12.6. The number of nitrogens with zero attached hydrogens (tertiary/aromatic N) is 1. The number of piperidine rings is 1. The summed E-state index contributed by atoms with van der Waals surface area (Å²) in [4.78, 5) is 2.57. The first-order chi connectivity index (χ1) is 8.22. The normalized spacial score (nSPS) is 20.4. The Kier molecular flexibility index (Phi) is 4.19. The van der Waals surface area contributed by atoms with E-state index in [9.17, 15) is 0 Å². The van der Waals surface area contributed by atoms with Gasteiger partial charge in [-0.05, 0) is 49.9 Å². The van der Waals surface area contributed by atoms with E-state index in [4.69, 9.17) is 5.73 Å². The van der Waals surface area contributed by atoms with E-state index in [2.05, 4.69) is 42.2 Å². The lowest BCUT2D eigenvalue weighted by atomic mass is 9.80. The fraction of sp³-hybridized carbons (Fsp3) is 0.600. The van der Waals surface area contributed by atoms with Gasteiger partial charge in [0.25, 0.3) is 0 Å². The molecule has 1 aromatic carbocycles. The average molecular weight is 232 g/mol. The van der Waals surface area contributed by atoms with Gasteiger partial charge >= 0.3 is 0 Å². The van der Waals surface area contributed by atoms with Crippen LogP contribution in [0.3, 0.4) is 0 Å². The quantitative estimate of drug-likeness (QED) is 0.863. The van der Waals surface area contributed by atoms with Crippen LogP contribution in [0.15, 0.2) is 30.3 Å². The van der Waals surface area contributed by atoms with Crippen molar-refractivity contribution in [1.29, 1.82) is 0 Å². The molecule has 0 spiro atoms. The van der Waals surface area contributed by atoms with Gasteiger partial charge in [0.1, 0.15) is 0 Å². The van der Waals surface area contributed by atoms with Gasteiger partial charge in [0.2, 0.25) is 0 Å². The SMILES string of the molecule is CC1(CN)CCN(CCc2ccccc2)CC1. The van der Waals surface area contributed by atoms with E-state index in [1.807, 2.05) is 0 Å². The van der Waals surface area contributed by atoms with E-state index in [0.29, 0.717) is 5.41 Å². The maximum Gasteiger partial charge on any atom is 0.00218 e. The van der Waals surface area contributed by atoms with Crippen molar-refractivity contribution in [3.05, 3.63) is 35.9 Å². The number of hydrogen-bond donors (Lipinski definition) is 1. The molecule has 0 radical (unpaired) electrons. The van der Waals surface area contributed by atoms with Crippen LogP contribution < -0.4 is 5.73 Å². The maximum absolute atomic E-state index is 5.83. The van der Waals surface area contributed by atoms with Crippen LogP contribution in [-0.2, 0) is 6.42 Å². The fourth-order valence-corrected chi connectivity index (χ4v) is 2.45. The Morgan fingerprint density at radius 3 is 2.41 bits per heavy atom. The van der Waals surface area contributed by atoms with Crippen molar-refractivity contribution in [2.45, 2.75) is 26.2 Å². The minimum absolute atomic E-state index is 0.392. The van der Waals surface area contributed by atoms with Crippen LogP contribution in [0, 0.1) is 5.41 Å². The molecule has 1 fully saturated rings. The molecule has 1 heterocycles. The van der Waals surface area contributed by atoms with Gasteiger partial charge in [-0.2, -0.15) is 0 Å². The van der Waals surface area contributed by atoms with E-state index in [1.54, 1.807) is 0 Å². The van der Waals surface area contributed by atoms with Crippen molar-refractivity contribution < 1.29 is 0 Å². The zero-order chi connectivity index (χ0) is 12.1. The molecule has 1 saturated heterocycles. The summed E-state index contributed by atoms with van der Waals surface area (Å²) >= 11 is 0. The number of benzene rings is 1. The van der Waals surface area contributed by atoms with E-state index >= 15 is 0 Å². The van der Waals surface area contributed by atoms with Crippen molar-refractivity contribution in [1.82, 2.24) is 4.90 Å². The van der Waals surface area contributed by atoms with Gasteiger partial charge in [-0.25, -0.2) is 0 Å². The highest BCUT2D eigenvalue weighted by molar-refractivity contribution is 5.14. The van der Waals surface area contributed by atoms with Gasteiger partial charge in [-0.15, -0.1) is 0 Å². The minimum atomic E-state index is 0.392. The van der Waals surface area contributed by atoms with E-state index in [-0.39, 0.29) is 0 Å². The molecule has 0 unspecified atom stereocenters. The summed E-state index contributed by atoms with van der Waals surface area (Å²) in [6.45, 7) is 6.76. The zero-order valence-corrected chi connectivity index (χ0v) is 10.9. The lowest BCUT2D eigenvalue weighted by Crippen LogP contribution is -2.42. The van der Waals surface area contributed by atoms with Crippen LogP contribution in [-0.4, -0.2) is 31.1 Å². The lowest BCUT2D eigenvalue weighted by Gasteiger charge is -2.38. The van der Waals surface area contributed by atoms with E-state index in [1.165, 1.54) is 44.5 Å². The average Bonchev–Trinajstić information content (AvgIpc) is 2.39. The Hall–Kier alpha value is -0.860. The van der Waals surface area contributed by atoms with Crippen LogP contribution in [0.25, 0.3) is 0 Å². The topological polar surface area (TPSA) is 29.3 Å². The molecule has 0 amide bonds. The molecular formula is C15H24N2. The minimum Gasteiger partial charge on any atom is -0.330 e. The molecule has 0 atom stereocenters. The van der Waals surface area contributed by atoms with Gasteiger partial charge in [0.05, 0.1) is 0 Å². The van der Waals surface area contributed by atoms with Crippen LogP contribution in [0.2, 0.25) is 0 Å². The first-order valence-corrected chi connectivity index (χ1v) is 6.68. The van der Waals surface area contributed by atoms with Crippen LogP contribution >= 0.6 is 0 Å². The third-order valence-corrected chi connectivity index (χ3v) is 4.12. The van der Waals surface area contributed by atoms with Gasteiger partial charge in [-0.3, -0.25) is 0 Å². The molecule has 1 aliphatic rings. The molecule has 1 aliphatic heterocycles. The highest BCUT2D eigenvalue weighted by atomic mass is 15.1. The molecule has 2 heteroatoms. The van der Waals surface area contributed by atoms with Crippen LogP contribution in [0.5, 0.6) is 0 Å². The molecule has 0 bridgehead atoms. The number of hydrogen-bond acceptors (Lipinski definition) is 2. The monoisotopic (exact) mass is 232 g/mol. The van der Waals surface area contributed by atoms with E-state index < -0.39 is 0 Å². The number of likely N-dealkylation sites (tertiary alicyclic amines) is 1. The summed E-state index contributed by atoms with van der Waals surface area (Å²) in [5.41, 5.74) is 7.67. The Morgan fingerprint density at radius 1 is 1.18 bits per heavy atom.